The van der Waals surface area contributed by atoms with Crippen molar-refractivity contribution in [1.82, 2.24) is 5.32 Å². The number of benzene rings is 1. The molecule has 0 unspecified atom stereocenters. The average molecular weight is 233 g/mol. The summed E-state index contributed by atoms with van der Waals surface area (Å²) in [5.41, 5.74) is 0.769. The van der Waals surface area contributed by atoms with E-state index in [4.69, 9.17) is 4.74 Å². The molecule has 1 fully saturated rings. The van der Waals surface area contributed by atoms with Crippen molar-refractivity contribution in [3.63, 3.8) is 0 Å². The third-order valence-corrected chi connectivity index (χ3v) is 3.75. The topological polar surface area (TPSA) is 38.3 Å². The highest BCUT2D eigenvalue weighted by Crippen LogP contribution is 2.35. The monoisotopic (exact) mass is 233 g/mol. The Morgan fingerprint density at radius 3 is 2.65 bits per heavy atom. The van der Waals surface area contributed by atoms with Crippen LogP contribution < -0.4 is 10.1 Å². The summed E-state index contributed by atoms with van der Waals surface area (Å²) in [6.07, 6.45) is 1.74. The third-order valence-electron chi connectivity index (χ3n) is 3.75. The molecule has 0 atom stereocenters. The molecule has 2 rings (SSSR count). The molecule has 1 aliphatic heterocycles. The van der Waals surface area contributed by atoms with E-state index in [9.17, 15) is 4.79 Å². The fourth-order valence-electron chi connectivity index (χ4n) is 2.62. The molecule has 1 aromatic carbocycles. The van der Waals surface area contributed by atoms with Crippen LogP contribution in [0, 0.1) is 0 Å². The predicted octanol–water partition coefficient (Wildman–Crippen LogP) is 1.91. The molecule has 3 nitrogen and oxygen atoms in total. The second kappa shape index (κ2) is 4.88. The van der Waals surface area contributed by atoms with Crippen LogP contribution >= 0.6 is 0 Å². The van der Waals surface area contributed by atoms with Crippen molar-refractivity contribution in [3.05, 3.63) is 29.8 Å². The SMILES string of the molecule is COc1cccc(C2(C(C)=O)CCNCC2)c1. The van der Waals surface area contributed by atoms with Crippen molar-refractivity contribution >= 4 is 5.78 Å². The van der Waals surface area contributed by atoms with E-state index in [0.717, 1.165) is 37.2 Å². The van der Waals surface area contributed by atoms with Crippen molar-refractivity contribution in [3.8, 4) is 5.75 Å². The van der Waals surface area contributed by atoms with Gasteiger partial charge in [-0.2, -0.15) is 0 Å². The van der Waals surface area contributed by atoms with E-state index in [1.165, 1.54) is 0 Å². The number of piperidine rings is 1. The van der Waals surface area contributed by atoms with Crippen LogP contribution in [0.25, 0.3) is 0 Å². The van der Waals surface area contributed by atoms with Gasteiger partial charge in [0.15, 0.2) is 0 Å². The molecule has 0 bridgehead atoms. The van der Waals surface area contributed by atoms with Gasteiger partial charge in [0.05, 0.1) is 12.5 Å². The molecule has 0 spiro atoms. The summed E-state index contributed by atoms with van der Waals surface area (Å²) >= 11 is 0. The van der Waals surface area contributed by atoms with E-state index < -0.39 is 0 Å². The quantitative estimate of drug-likeness (QED) is 0.866. The Morgan fingerprint density at radius 2 is 2.06 bits per heavy atom. The Bertz CT molecular complexity index is 408. The molecule has 1 N–H and O–H groups in total. The van der Waals surface area contributed by atoms with Crippen LogP contribution in [0.1, 0.15) is 25.3 Å². The Morgan fingerprint density at radius 1 is 1.35 bits per heavy atom. The van der Waals surface area contributed by atoms with E-state index in [1.807, 2.05) is 24.3 Å². The standard InChI is InChI=1S/C14H19NO2/c1-11(16)14(6-8-15-9-7-14)12-4-3-5-13(10-12)17-2/h3-5,10,15H,6-9H2,1-2H3. The fourth-order valence-corrected chi connectivity index (χ4v) is 2.62. The highest BCUT2D eigenvalue weighted by molar-refractivity contribution is 5.88. The van der Waals surface area contributed by atoms with E-state index in [2.05, 4.69) is 5.32 Å². The molecule has 1 saturated heterocycles. The summed E-state index contributed by atoms with van der Waals surface area (Å²) in [6.45, 7) is 3.50. The van der Waals surface area contributed by atoms with Gasteiger partial charge in [0.1, 0.15) is 11.5 Å². The van der Waals surface area contributed by atoms with Crippen molar-refractivity contribution in [2.24, 2.45) is 0 Å². The molecule has 0 radical (unpaired) electrons. The largest absolute Gasteiger partial charge is 0.497 e. The number of nitrogens with one attached hydrogen (secondary N) is 1. The van der Waals surface area contributed by atoms with Gasteiger partial charge in [0.25, 0.3) is 0 Å². The number of ketones is 1. The van der Waals surface area contributed by atoms with Gasteiger partial charge in [-0.1, -0.05) is 12.1 Å². The zero-order chi connectivity index (χ0) is 12.3. The van der Waals surface area contributed by atoms with Crippen molar-refractivity contribution in [2.75, 3.05) is 20.2 Å². The molecule has 0 amide bonds. The minimum Gasteiger partial charge on any atom is -0.497 e. The number of ether oxygens (including phenoxy) is 1. The lowest BCUT2D eigenvalue weighted by Crippen LogP contribution is -2.44. The predicted molar refractivity (Wildman–Crippen MR) is 67.5 cm³/mol. The molecule has 1 aliphatic rings. The van der Waals surface area contributed by atoms with Gasteiger partial charge in [0.2, 0.25) is 0 Å². The van der Waals surface area contributed by atoms with E-state index in [1.54, 1.807) is 14.0 Å². The number of carbonyl (C=O) groups excluding carboxylic acids is 1. The maximum absolute atomic E-state index is 12.1. The Kier molecular flexibility index (Phi) is 3.48. The van der Waals surface area contributed by atoms with Crippen LogP contribution in [0.4, 0.5) is 0 Å². The Balaban J connectivity index is 2.41. The molecule has 0 saturated carbocycles. The van der Waals surface area contributed by atoms with Gasteiger partial charge in [-0.05, 0) is 50.6 Å². The summed E-state index contributed by atoms with van der Waals surface area (Å²) < 4.78 is 5.24. The van der Waals surface area contributed by atoms with Crippen LogP contribution in [0.2, 0.25) is 0 Å². The smallest absolute Gasteiger partial charge is 0.140 e. The van der Waals surface area contributed by atoms with Crippen molar-refractivity contribution in [1.29, 1.82) is 0 Å². The molecule has 0 aliphatic carbocycles. The first kappa shape index (κ1) is 12.1. The van der Waals surface area contributed by atoms with Gasteiger partial charge in [0, 0.05) is 0 Å². The summed E-state index contributed by atoms with van der Waals surface area (Å²) in [5, 5.41) is 3.31. The third kappa shape index (κ3) is 2.20. The van der Waals surface area contributed by atoms with E-state index in [0.29, 0.717) is 0 Å². The lowest BCUT2D eigenvalue weighted by atomic mass is 9.70. The van der Waals surface area contributed by atoms with Gasteiger partial charge in [-0.25, -0.2) is 0 Å². The number of hydrogen-bond acceptors (Lipinski definition) is 3. The highest BCUT2D eigenvalue weighted by atomic mass is 16.5. The first-order valence-corrected chi connectivity index (χ1v) is 6.05. The molecule has 3 heteroatoms. The first-order valence-electron chi connectivity index (χ1n) is 6.05. The number of Topliss-reactive ketones (excluding diaryl/α,β-unsaturated/α-hetero) is 1. The molecule has 0 aromatic heterocycles. The minimum atomic E-state index is -0.320. The number of rotatable bonds is 3. The second-order valence-corrected chi connectivity index (χ2v) is 4.62. The first-order chi connectivity index (χ1) is 8.19. The van der Waals surface area contributed by atoms with Crippen molar-refractivity contribution < 1.29 is 9.53 Å². The highest BCUT2D eigenvalue weighted by Gasteiger charge is 2.38. The number of methoxy groups -OCH3 is 1. The van der Waals surface area contributed by atoms with Gasteiger partial charge in [-0.15, -0.1) is 0 Å². The lowest BCUT2D eigenvalue weighted by Gasteiger charge is -2.36. The maximum atomic E-state index is 12.1. The number of hydrogen-bond donors (Lipinski definition) is 1. The van der Waals surface area contributed by atoms with E-state index in [-0.39, 0.29) is 11.2 Å². The van der Waals surface area contributed by atoms with Crippen LogP contribution in [0.3, 0.4) is 0 Å². The maximum Gasteiger partial charge on any atom is 0.140 e. The number of carbonyl (C=O) groups is 1. The van der Waals surface area contributed by atoms with E-state index >= 15 is 0 Å². The van der Waals surface area contributed by atoms with Crippen LogP contribution in [-0.2, 0) is 10.2 Å². The minimum absolute atomic E-state index is 0.257. The molecule has 1 aromatic rings. The normalized spacial score (nSPS) is 18.7. The van der Waals surface area contributed by atoms with Crippen LogP contribution in [0.15, 0.2) is 24.3 Å². The zero-order valence-electron chi connectivity index (χ0n) is 10.5. The summed E-state index contributed by atoms with van der Waals surface area (Å²) in [7, 11) is 1.65. The lowest BCUT2D eigenvalue weighted by molar-refractivity contribution is -0.123. The fraction of sp³-hybridized carbons (Fsp3) is 0.500. The molecular formula is C14H19NO2. The van der Waals surface area contributed by atoms with Gasteiger partial charge in [-0.3, -0.25) is 4.79 Å². The van der Waals surface area contributed by atoms with Crippen molar-refractivity contribution in [2.45, 2.75) is 25.2 Å². The summed E-state index contributed by atoms with van der Waals surface area (Å²) in [5.74, 6) is 1.08. The Hall–Kier alpha value is -1.35. The van der Waals surface area contributed by atoms with Gasteiger partial charge < -0.3 is 10.1 Å². The molecule has 1 heterocycles. The van der Waals surface area contributed by atoms with Crippen LogP contribution in [-0.4, -0.2) is 26.0 Å². The summed E-state index contributed by atoms with van der Waals surface area (Å²) in [4.78, 5) is 12.1. The molecular weight excluding hydrogens is 214 g/mol. The summed E-state index contributed by atoms with van der Waals surface area (Å²) in [6, 6.07) is 7.90. The Labute approximate surface area is 102 Å². The molecule has 17 heavy (non-hydrogen) atoms. The van der Waals surface area contributed by atoms with Crippen LogP contribution in [0.5, 0.6) is 5.75 Å². The van der Waals surface area contributed by atoms with Gasteiger partial charge >= 0.3 is 0 Å². The second-order valence-electron chi connectivity index (χ2n) is 4.62. The average Bonchev–Trinajstić information content (AvgIpc) is 2.39. The zero-order valence-corrected chi connectivity index (χ0v) is 10.5. The molecule has 92 valence electrons.